The highest BCUT2D eigenvalue weighted by molar-refractivity contribution is 4.93. The molecule has 1 aliphatic rings. The zero-order chi connectivity index (χ0) is 12.1. The summed E-state index contributed by atoms with van der Waals surface area (Å²) in [7, 11) is 3.49. The van der Waals surface area contributed by atoms with E-state index in [1.165, 1.54) is 0 Å². The van der Waals surface area contributed by atoms with Crippen molar-refractivity contribution in [3.8, 4) is 0 Å². The summed E-state index contributed by atoms with van der Waals surface area (Å²) in [5.41, 5.74) is 0. The Morgan fingerprint density at radius 3 is 2.76 bits per heavy atom. The van der Waals surface area contributed by atoms with Crippen molar-refractivity contribution in [3.05, 3.63) is 24.3 Å². The van der Waals surface area contributed by atoms with E-state index in [2.05, 4.69) is 14.9 Å². The number of methoxy groups -OCH3 is 2. The van der Waals surface area contributed by atoms with E-state index < -0.39 is 0 Å². The Hall–Kier alpha value is -1.04. The summed E-state index contributed by atoms with van der Waals surface area (Å²) < 4.78 is 10.7. The van der Waals surface area contributed by atoms with Crippen LogP contribution in [0.25, 0.3) is 0 Å². The van der Waals surface area contributed by atoms with E-state index in [0.717, 1.165) is 31.9 Å². The summed E-state index contributed by atoms with van der Waals surface area (Å²) in [5, 5.41) is 0. The van der Waals surface area contributed by atoms with E-state index in [4.69, 9.17) is 9.47 Å². The van der Waals surface area contributed by atoms with Crippen LogP contribution in [0, 0.1) is 0 Å². The van der Waals surface area contributed by atoms with Crippen molar-refractivity contribution in [1.82, 2.24) is 14.9 Å². The van der Waals surface area contributed by atoms with Gasteiger partial charge in [-0.2, -0.15) is 0 Å². The van der Waals surface area contributed by atoms with Crippen LogP contribution in [0.1, 0.15) is 12.2 Å². The molecule has 1 saturated heterocycles. The molecule has 94 valence electrons. The lowest BCUT2D eigenvalue weighted by molar-refractivity contribution is 0.105. The molecule has 0 aromatic carbocycles. The minimum atomic E-state index is 0.291. The Morgan fingerprint density at radius 2 is 2.12 bits per heavy atom. The van der Waals surface area contributed by atoms with E-state index >= 15 is 0 Å². The van der Waals surface area contributed by atoms with Crippen LogP contribution in [0.5, 0.6) is 0 Å². The molecule has 0 saturated carbocycles. The molecule has 0 amide bonds. The summed E-state index contributed by atoms with van der Waals surface area (Å²) in [6.07, 6.45) is 4.85. The topological polar surface area (TPSA) is 47.5 Å². The quantitative estimate of drug-likeness (QED) is 0.755. The van der Waals surface area contributed by atoms with Gasteiger partial charge in [-0.05, 0) is 12.5 Å². The summed E-state index contributed by atoms with van der Waals surface area (Å²) >= 11 is 0. The molecule has 2 heterocycles. The number of nitrogens with zero attached hydrogens (tertiary/aromatic N) is 3. The Kier molecular flexibility index (Phi) is 4.42. The Labute approximate surface area is 102 Å². The maximum atomic E-state index is 5.42. The molecule has 1 aromatic heterocycles. The Balaban J connectivity index is 1.98. The monoisotopic (exact) mass is 237 g/mol. The second-order valence-corrected chi connectivity index (χ2v) is 4.30. The summed E-state index contributed by atoms with van der Waals surface area (Å²) in [4.78, 5) is 10.8. The molecule has 0 N–H and O–H groups in total. The van der Waals surface area contributed by atoms with Gasteiger partial charge in [0.15, 0.2) is 0 Å². The Bertz CT molecular complexity index is 334. The summed E-state index contributed by atoms with van der Waals surface area (Å²) in [6, 6.07) is 2.23. The van der Waals surface area contributed by atoms with Gasteiger partial charge in [0.1, 0.15) is 5.82 Å². The van der Waals surface area contributed by atoms with Crippen LogP contribution in [0.4, 0.5) is 0 Å². The standard InChI is InChI=1S/C12H19N3O2/c1-16-9-10-6-11(17-2)7-15(10)8-12-13-4-3-5-14-12/h3-5,10-11H,6-9H2,1-2H3/t10-,11-/m0/s1. The fourth-order valence-electron chi connectivity index (χ4n) is 2.26. The molecule has 0 spiro atoms. The van der Waals surface area contributed by atoms with E-state index in [9.17, 15) is 0 Å². The molecule has 0 bridgehead atoms. The minimum absolute atomic E-state index is 0.291. The van der Waals surface area contributed by atoms with Gasteiger partial charge < -0.3 is 9.47 Å². The number of likely N-dealkylation sites (tertiary alicyclic amines) is 1. The SMILES string of the molecule is COC[C@@H]1C[C@H](OC)CN1Cc1ncccn1. The molecule has 1 fully saturated rings. The number of rotatable bonds is 5. The fourth-order valence-corrected chi connectivity index (χ4v) is 2.26. The van der Waals surface area contributed by atoms with Gasteiger partial charge in [0.2, 0.25) is 0 Å². The molecule has 1 aliphatic heterocycles. The van der Waals surface area contributed by atoms with E-state index in [1.54, 1.807) is 26.6 Å². The first-order valence-corrected chi connectivity index (χ1v) is 5.85. The van der Waals surface area contributed by atoms with Crippen LogP contribution in [0.15, 0.2) is 18.5 Å². The van der Waals surface area contributed by atoms with Crippen molar-refractivity contribution >= 4 is 0 Å². The summed E-state index contributed by atoms with van der Waals surface area (Å²) in [5.74, 6) is 0.852. The van der Waals surface area contributed by atoms with Crippen LogP contribution in [-0.2, 0) is 16.0 Å². The maximum Gasteiger partial charge on any atom is 0.142 e. The molecule has 1 aromatic rings. The largest absolute Gasteiger partial charge is 0.383 e. The minimum Gasteiger partial charge on any atom is -0.383 e. The summed E-state index contributed by atoms with van der Waals surface area (Å²) in [6.45, 7) is 2.41. The van der Waals surface area contributed by atoms with Crippen molar-refractivity contribution in [2.75, 3.05) is 27.4 Å². The first-order valence-electron chi connectivity index (χ1n) is 5.85. The van der Waals surface area contributed by atoms with Crippen LogP contribution < -0.4 is 0 Å². The van der Waals surface area contributed by atoms with Crippen LogP contribution in [-0.4, -0.2) is 54.4 Å². The highest BCUT2D eigenvalue weighted by Crippen LogP contribution is 2.21. The van der Waals surface area contributed by atoms with Crippen LogP contribution in [0.2, 0.25) is 0 Å². The molecular formula is C12H19N3O2. The average molecular weight is 237 g/mol. The van der Waals surface area contributed by atoms with Crippen molar-refractivity contribution in [2.45, 2.75) is 25.1 Å². The lowest BCUT2D eigenvalue weighted by atomic mass is 10.2. The van der Waals surface area contributed by atoms with Gasteiger partial charge in [0, 0.05) is 39.2 Å². The lowest BCUT2D eigenvalue weighted by Crippen LogP contribution is -2.33. The molecule has 5 heteroatoms. The van der Waals surface area contributed by atoms with E-state index in [-0.39, 0.29) is 0 Å². The second kappa shape index (κ2) is 6.05. The first-order chi connectivity index (χ1) is 8.33. The van der Waals surface area contributed by atoms with E-state index in [0.29, 0.717) is 12.1 Å². The number of hydrogen-bond donors (Lipinski definition) is 0. The normalized spacial score (nSPS) is 25.3. The van der Waals surface area contributed by atoms with E-state index in [1.807, 2.05) is 6.07 Å². The number of hydrogen-bond acceptors (Lipinski definition) is 5. The second-order valence-electron chi connectivity index (χ2n) is 4.30. The zero-order valence-electron chi connectivity index (χ0n) is 10.4. The van der Waals surface area contributed by atoms with Gasteiger partial charge in [-0.25, -0.2) is 9.97 Å². The number of ether oxygens (including phenoxy) is 2. The van der Waals surface area contributed by atoms with Gasteiger partial charge in [-0.3, -0.25) is 4.90 Å². The molecule has 0 unspecified atom stereocenters. The fraction of sp³-hybridized carbons (Fsp3) is 0.667. The van der Waals surface area contributed by atoms with Crippen molar-refractivity contribution in [3.63, 3.8) is 0 Å². The Morgan fingerprint density at radius 1 is 1.35 bits per heavy atom. The van der Waals surface area contributed by atoms with Gasteiger partial charge in [-0.15, -0.1) is 0 Å². The molecule has 17 heavy (non-hydrogen) atoms. The molecular weight excluding hydrogens is 218 g/mol. The van der Waals surface area contributed by atoms with Gasteiger partial charge in [-0.1, -0.05) is 0 Å². The zero-order valence-corrected chi connectivity index (χ0v) is 10.4. The van der Waals surface area contributed by atoms with Crippen molar-refractivity contribution in [2.24, 2.45) is 0 Å². The highest BCUT2D eigenvalue weighted by atomic mass is 16.5. The molecule has 5 nitrogen and oxygen atoms in total. The lowest BCUT2D eigenvalue weighted by Gasteiger charge is -2.22. The third-order valence-electron chi connectivity index (χ3n) is 3.15. The van der Waals surface area contributed by atoms with Crippen molar-refractivity contribution < 1.29 is 9.47 Å². The van der Waals surface area contributed by atoms with Crippen molar-refractivity contribution in [1.29, 1.82) is 0 Å². The van der Waals surface area contributed by atoms with Gasteiger partial charge >= 0.3 is 0 Å². The molecule has 0 radical (unpaired) electrons. The highest BCUT2D eigenvalue weighted by Gasteiger charge is 2.32. The third kappa shape index (κ3) is 3.21. The predicted molar refractivity (Wildman–Crippen MR) is 63.5 cm³/mol. The molecule has 2 atom stereocenters. The smallest absolute Gasteiger partial charge is 0.142 e. The van der Waals surface area contributed by atoms with Gasteiger partial charge in [0.25, 0.3) is 0 Å². The van der Waals surface area contributed by atoms with Gasteiger partial charge in [0.05, 0.1) is 19.3 Å². The first kappa shape index (κ1) is 12.4. The van der Waals surface area contributed by atoms with Crippen LogP contribution in [0.3, 0.4) is 0 Å². The van der Waals surface area contributed by atoms with Crippen LogP contribution >= 0.6 is 0 Å². The number of aromatic nitrogens is 2. The average Bonchev–Trinajstić information content (AvgIpc) is 2.74. The maximum absolute atomic E-state index is 5.42. The molecule has 0 aliphatic carbocycles. The predicted octanol–water partition coefficient (Wildman–Crippen LogP) is 0.712. The third-order valence-corrected chi connectivity index (χ3v) is 3.15. The molecule has 2 rings (SSSR count).